The molecule has 2 rings (SSSR count). The maximum absolute atomic E-state index is 10.9. The molecule has 0 unspecified atom stereocenters. The molecule has 2 heteroatoms. The van der Waals surface area contributed by atoms with Crippen LogP contribution in [0.3, 0.4) is 0 Å². The van der Waals surface area contributed by atoms with Crippen LogP contribution in [0.25, 0.3) is 0 Å². The summed E-state index contributed by atoms with van der Waals surface area (Å²) >= 11 is 0. The van der Waals surface area contributed by atoms with Crippen LogP contribution in [-0.4, -0.2) is 10.2 Å². The van der Waals surface area contributed by atoms with E-state index in [0.717, 1.165) is 11.1 Å². The Labute approximate surface area is 126 Å². The molecular weight excluding hydrogens is 260 g/mol. The van der Waals surface area contributed by atoms with Crippen LogP contribution in [0.4, 0.5) is 0 Å². The summed E-state index contributed by atoms with van der Waals surface area (Å²) in [6.07, 6.45) is 2.62. The summed E-state index contributed by atoms with van der Waals surface area (Å²) in [6.45, 7) is 3.73. The van der Waals surface area contributed by atoms with Gasteiger partial charge in [-0.05, 0) is 30.4 Å². The zero-order valence-electron chi connectivity index (χ0n) is 12.2. The molecule has 0 saturated heterocycles. The van der Waals surface area contributed by atoms with Crippen LogP contribution in [-0.2, 0) is 5.60 Å². The predicted molar refractivity (Wildman–Crippen MR) is 85.8 cm³/mol. The van der Waals surface area contributed by atoms with Crippen molar-refractivity contribution in [2.45, 2.75) is 31.0 Å². The smallest absolute Gasteiger partial charge is 0.0931 e. The van der Waals surface area contributed by atoms with E-state index < -0.39 is 11.7 Å². The average molecular weight is 282 g/mol. The standard InChI is InChI=1S/C19H22O2/c1-2-14-19(21,17-11-7-4-8-12-17)15-13-18(20)16-9-5-3-6-10-16/h2-12,18,20-21H,1,13-15H2/t18-,19-/m1/s1. The van der Waals surface area contributed by atoms with Crippen LogP contribution in [0, 0.1) is 0 Å². The maximum Gasteiger partial charge on any atom is 0.0931 e. The van der Waals surface area contributed by atoms with Crippen LogP contribution in [0.1, 0.15) is 36.5 Å². The van der Waals surface area contributed by atoms with Gasteiger partial charge in [-0.25, -0.2) is 0 Å². The maximum atomic E-state index is 10.9. The summed E-state index contributed by atoms with van der Waals surface area (Å²) in [4.78, 5) is 0. The van der Waals surface area contributed by atoms with E-state index in [1.807, 2.05) is 60.7 Å². The third-order valence-electron chi connectivity index (χ3n) is 3.81. The molecule has 110 valence electrons. The molecule has 0 aliphatic heterocycles. The lowest BCUT2D eigenvalue weighted by molar-refractivity contribution is 0.0137. The third-order valence-corrected chi connectivity index (χ3v) is 3.81. The lowest BCUT2D eigenvalue weighted by atomic mass is 9.84. The van der Waals surface area contributed by atoms with Gasteiger partial charge < -0.3 is 10.2 Å². The minimum absolute atomic E-state index is 0.471. The summed E-state index contributed by atoms with van der Waals surface area (Å²) < 4.78 is 0. The van der Waals surface area contributed by atoms with Crippen molar-refractivity contribution in [2.75, 3.05) is 0 Å². The predicted octanol–water partition coefficient (Wildman–Crippen LogP) is 3.96. The van der Waals surface area contributed by atoms with Gasteiger partial charge in [0.05, 0.1) is 11.7 Å². The van der Waals surface area contributed by atoms with E-state index in [2.05, 4.69) is 6.58 Å². The average Bonchev–Trinajstić information content (AvgIpc) is 2.54. The normalized spacial score (nSPS) is 15.1. The number of aliphatic hydroxyl groups excluding tert-OH is 1. The summed E-state index contributed by atoms with van der Waals surface area (Å²) in [5.74, 6) is 0. The second kappa shape index (κ2) is 7.21. The van der Waals surface area contributed by atoms with Crippen molar-refractivity contribution in [3.8, 4) is 0 Å². The van der Waals surface area contributed by atoms with Gasteiger partial charge in [-0.1, -0.05) is 66.7 Å². The Hall–Kier alpha value is -1.90. The van der Waals surface area contributed by atoms with Crippen LogP contribution >= 0.6 is 0 Å². The second-order valence-electron chi connectivity index (χ2n) is 5.36. The Morgan fingerprint density at radius 1 is 1.00 bits per heavy atom. The first-order valence-corrected chi connectivity index (χ1v) is 7.27. The van der Waals surface area contributed by atoms with E-state index in [1.54, 1.807) is 6.08 Å². The quantitative estimate of drug-likeness (QED) is 0.755. The first-order chi connectivity index (χ1) is 10.2. The van der Waals surface area contributed by atoms with Gasteiger partial charge in [0.2, 0.25) is 0 Å². The zero-order valence-corrected chi connectivity index (χ0v) is 12.2. The van der Waals surface area contributed by atoms with E-state index in [-0.39, 0.29) is 0 Å². The fourth-order valence-electron chi connectivity index (χ4n) is 2.57. The molecule has 0 heterocycles. The van der Waals surface area contributed by atoms with Crippen LogP contribution in [0.2, 0.25) is 0 Å². The highest BCUT2D eigenvalue weighted by atomic mass is 16.3. The van der Waals surface area contributed by atoms with E-state index in [9.17, 15) is 10.2 Å². The number of rotatable bonds is 7. The topological polar surface area (TPSA) is 40.5 Å². The fourth-order valence-corrected chi connectivity index (χ4v) is 2.57. The van der Waals surface area contributed by atoms with Crippen molar-refractivity contribution in [3.63, 3.8) is 0 Å². The SMILES string of the molecule is C=CC[C@@](O)(CC[C@@H](O)c1ccccc1)c1ccccc1. The van der Waals surface area contributed by atoms with E-state index in [0.29, 0.717) is 19.3 Å². The molecule has 0 aromatic heterocycles. The molecule has 0 saturated carbocycles. The van der Waals surface area contributed by atoms with E-state index >= 15 is 0 Å². The van der Waals surface area contributed by atoms with Crippen molar-refractivity contribution in [1.82, 2.24) is 0 Å². The van der Waals surface area contributed by atoms with Crippen LogP contribution < -0.4 is 0 Å². The van der Waals surface area contributed by atoms with Gasteiger partial charge in [0.1, 0.15) is 0 Å². The molecular formula is C19H22O2. The van der Waals surface area contributed by atoms with Crippen LogP contribution in [0.5, 0.6) is 0 Å². The van der Waals surface area contributed by atoms with Crippen molar-refractivity contribution >= 4 is 0 Å². The molecule has 21 heavy (non-hydrogen) atoms. The Balaban J connectivity index is 2.09. The Bertz CT molecular complexity index is 550. The number of aliphatic hydroxyl groups is 2. The minimum Gasteiger partial charge on any atom is -0.388 e. The molecule has 0 aliphatic carbocycles. The molecule has 0 fully saturated rings. The van der Waals surface area contributed by atoms with Gasteiger partial charge in [-0.2, -0.15) is 0 Å². The highest BCUT2D eigenvalue weighted by molar-refractivity contribution is 5.23. The minimum atomic E-state index is -0.973. The highest BCUT2D eigenvalue weighted by Gasteiger charge is 2.28. The molecule has 2 aromatic rings. The summed E-state index contributed by atoms with van der Waals surface area (Å²) in [5, 5.41) is 21.2. The van der Waals surface area contributed by atoms with Gasteiger partial charge >= 0.3 is 0 Å². The van der Waals surface area contributed by atoms with Crippen molar-refractivity contribution < 1.29 is 10.2 Å². The fraction of sp³-hybridized carbons (Fsp3) is 0.263. The number of benzene rings is 2. The van der Waals surface area contributed by atoms with Gasteiger partial charge in [0.15, 0.2) is 0 Å². The summed E-state index contributed by atoms with van der Waals surface area (Å²) in [6, 6.07) is 19.1. The summed E-state index contributed by atoms with van der Waals surface area (Å²) in [5.41, 5.74) is 0.773. The Morgan fingerprint density at radius 3 is 2.14 bits per heavy atom. The molecule has 0 bridgehead atoms. The van der Waals surface area contributed by atoms with Gasteiger partial charge in [0, 0.05) is 0 Å². The largest absolute Gasteiger partial charge is 0.388 e. The zero-order chi connectivity index (χ0) is 15.1. The van der Waals surface area contributed by atoms with Gasteiger partial charge in [-0.15, -0.1) is 6.58 Å². The lowest BCUT2D eigenvalue weighted by Gasteiger charge is -2.28. The molecule has 2 aromatic carbocycles. The van der Waals surface area contributed by atoms with Gasteiger partial charge in [-0.3, -0.25) is 0 Å². The lowest BCUT2D eigenvalue weighted by Crippen LogP contribution is -2.25. The molecule has 2 nitrogen and oxygen atoms in total. The van der Waals surface area contributed by atoms with Crippen molar-refractivity contribution in [2.24, 2.45) is 0 Å². The van der Waals surface area contributed by atoms with E-state index in [1.165, 1.54) is 0 Å². The monoisotopic (exact) mass is 282 g/mol. The summed E-state index contributed by atoms with van der Waals surface area (Å²) in [7, 11) is 0. The van der Waals surface area contributed by atoms with Crippen LogP contribution in [0.15, 0.2) is 73.3 Å². The molecule has 0 radical (unpaired) electrons. The molecule has 0 aliphatic rings. The Morgan fingerprint density at radius 2 is 1.57 bits per heavy atom. The first kappa shape index (κ1) is 15.5. The van der Waals surface area contributed by atoms with E-state index in [4.69, 9.17) is 0 Å². The Kier molecular flexibility index (Phi) is 5.32. The number of hydrogen-bond donors (Lipinski definition) is 2. The highest BCUT2D eigenvalue weighted by Crippen LogP contribution is 2.33. The van der Waals surface area contributed by atoms with Crippen molar-refractivity contribution in [1.29, 1.82) is 0 Å². The first-order valence-electron chi connectivity index (χ1n) is 7.27. The molecule has 0 amide bonds. The third kappa shape index (κ3) is 4.03. The molecule has 2 N–H and O–H groups in total. The molecule has 2 atom stereocenters. The second-order valence-corrected chi connectivity index (χ2v) is 5.36. The number of hydrogen-bond acceptors (Lipinski definition) is 2. The van der Waals surface area contributed by atoms with Gasteiger partial charge in [0.25, 0.3) is 0 Å². The van der Waals surface area contributed by atoms with Crippen molar-refractivity contribution in [3.05, 3.63) is 84.4 Å². The molecule has 0 spiro atoms.